The van der Waals surface area contributed by atoms with Crippen LogP contribution in [0.1, 0.15) is 73.7 Å². The van der Waals surface area contributed by atoms with E-state index >= 15 is 0 Å². The lowest BCUT2D eigenvalue weighted by molar-refractivity contribution is -0.118. The number of halogens is 1. The second-order valence-corrected chi connectivity index (χ2v) is 14.8. The number of alkyl halides is 1. The number of piperidine rings is 1. The van der Waals surface area contributed by atoms with Gasteiger partial charge in [-0.3, -0.25) is 14.8 Å². The molecule has 5 aromatic rings. The van der Waals surface area contributed by atoms with E-state index in [-0.39, 0.29) is 25.0 Å². The van der Waals surface area contributed by atoms with E-state index in [1.165, 1.54) is 16.9 Å². The summed E-state index contributed by atoms with van der Waals surface area (Å²) in [6, 6.07) is 9.98. The number of benzene rings is 2. The van der Waals surface area contributed by atoms with E-state index < -0.39 is 17.8 Å². The number of hydrogen-bond acceptors (Lipinski definition) is 7. The van der Waals surface area contributed by atoms with Gasteiger partial charge in [0.15, 0.2) is 11.2 Å². The highest BCUT2D eigenvalue weighted by Crippen LogP contribution is 2.36. The van der Waals surface area contributed by atoms with Crippen LogP contribution in [0.5, 0.6) is 0 Å². The Kier molecular flexibility index (Phi) is 8.31. The quantitative estimate of drug-likeness (QED) is 0.205. The van der Waals surface area contributed by atoms with E-state index in [9.17, 15) is 14.0 Å². The molecule has 48 heavy (non-hydrogen) atoms. The third-order valence-corrected chi connectivity index (χ3v) is 10.0. The van der Waals surface area contributed by atoms with E-state index in [1.807, 2.05) is 31.9 Å². The molecule has 2 atom stereocenters. The van der Waals surface area contributed by atoms with Gasteiger partial charge in [-0.1, -0.05) is 30.3 Å². The molecule has 10 nitrogen and oxygen atoms in total. The van der Waals surface area contributed by atoms with Crippen molar-refractivity contribution < 1.29 is 18.7 Å². The molecule has 1 fully saturated rings. The first-order valence-corrected chi connectivity index (χ1v) is 17.3. The molecule has 7 rings (SSSR count). The van der Waals surface area contributed by atoms with Gasteiger partial charge in [-0.05, 0) is 81.2 Å². The molecule has 0 radical (unpaired) electrons. The molecule has 2 aliphatic rings. The maximum absolute atomic E-state index is 14.4. The van der Waals surface area contributed by atoms with E-state index in [4.69, 9.17) is 9.84 Å². The number of nitrogens with zero attached hydrogens (tertiary/aromatic N) is 6. The molecule has 0 saturated carbocycles. The van der Waals surface area contributed by atoms with Crippen molar-refractivity contribution in [3.63, 3.8) is 0 Å². The fraction of sp³-hybridized carbons (Fsp3) is 0.417. The Balaban J connectivity index is 1.16. The Bertz CT molecular complexity index is 1970. The van der Waals surface area contributed by atoms with Crippen LogP contribution in [0, 0.1) is 13.8 Å². The minimum absolute atomic E-state index is 0.207. The van der Waals surface area contributed by atoms with Crippen molar-refractivity contribution in [2.45, 2.75) is 84.2 Å². The second-order valence-electron chi connectivity index (χ2n) is 13.9. The summed E-state index contributed by atoms with van der Waals surface area (Å²) in [6.07, 6.45) is 5.88. The molecule has 0 bridgehead atoms. The van der Waals surface area contributed by atoms with Crippen LogP contribution in [-0.2, 0) is 22.5 Å². The minimum Gasteiger partial charge on any atom is -0.444 e. The Morgan fingerprint density at radius 2 is 1.85 bits per heavy atom. The largest absolute Gasteiger partial charge is 0.444 e. The van der Waals surface area contributed by atoms with Gasteiger partial charge < -0.3 is 14.2 Å². The maximum atomic E-state index is 14.4. The van der Waals surface area contributed by atoms with E-state index in [0.717, 1.165) is 46.0 Å². The standard InChI is InChI=1S/C36H40FN7O3S/c1-21-16-27(25-8-6-23(7-9-25)24-10-13-42(14-11-24)35(46)47-36(3,4)5)22(2)30-28(21)19-44(41-30)32(33(45)40-34-38-12-15-48-34)31-29-17-26(37)18-43(29)20-39-31/h6-9,12,15-16,19-20,24,26,32H,10-11,13-14,17-18H2,1-5H3,(H,38,40,45)/t26-,32?/m1/s1. The molecular weight excluding hydrogens is 630 g/mol. The van der Waals surface area contributed by atoms with Crippen LogP contribution >= 0.6 is 11.3 Å². The molecule has 0 aliphatic carbocycles. The molecular formula is C36H40FN7O3S. The SMILES string of the molecule is Cc1cc(-c2ccc(C3CCN(C(=O)OC(C)(C)C)CC3)cc2)c(C)c2nn(C(C(=O)Nc3nccs3)c3ncn4c3C[C@@H](F)C4)cc12. The molecule has 1 N–H and O–H groups in total. The van der Waals surface area contributed by atoms with Gasteiger partial charge in [0.05, 0.1) is 24.1 Å². The summed E-state index contributed by atoms with van der Waals surface area (Å²) in [7, 11) is 0. The number of thiazole rings is 1. The summed E-state index contributed by atoms with van der Waals surface area (Å²) in [4.78, 5) is 37.0. The van der Waals surface area contributed by atoms with Crippen molar-refractivity contribution >= 4 is 39.4 Å². The number of carbonyl (C=O) groups excluding carboxylic acids is 2. The van der Waals surface area contributed by atoms with E-state index in [2.05, 4.69) is 59.5 Å². The van der Waals surface area contributed by atoms with Crippen molar-refractivity contribution in [1.29, 1.82) is 0 Å². The summed E-state index contributed by atoms with van der Waals surface area (Å²) in [6.45, 7) is 11.4. The number of rotatable bonds is 6. The Hall–Kier alpha value is -4.58. The van der Waals surface area contributed by atoms with Crippen LogP contribution in [0.4, 0.5) is 14.3 Å². The second kappa shape index (κ2) is 12.5. The predicted octanol–water partition coefficient (Wildman–Crippen LogP) is 7.21. The number of carbonyl (C=O) groups is 2. The van der Waals surface area contributed by atoms with Crippen LogP contribution in [0.15, 0.2) is 54.4 Å². The van der Waals surface area contributed by atoms with Gasteiger partial charge >= 0.3 is 6.09 Å². The first-order valence-electron chi connectivity index (χ1n) is 16.4. The number of nitrogens with one attached hydrogen (secondary N) is 1. The number of ether oxygens (including phenoxy) is 1. The van der Waals surface area contributed by atoms with Gasteiger partial charge in [-0.2, -0.15) is 5.10 Å². The number of aromatic nitrogens is 5. The zero-order chi connectivity index (χ0) is 33.7. The molecule has 1 saturated heterocycles. The molecule has 12 heteroatoms. The van der Waals surface area contributed by atoms with Gasteiger partial charge in [0, 0.05) is 48.4 Å². The van der Waals surface area contributed by atoms with Crippen LogP contribution in [0.2, 0.25) is 0 Å². The number of fused-ring (bicyclic) bond motifs is 2. The highest BCUT2D eigenvalue weighted by molar-refractivity contribution is 7.13. The first kappa shape index (κ1) is 32.0. The van der Waals surface area contributed by atoms with E-state index in [0.29, 0.717) is 35.5 Å². The molecule has 3 aromatic heterocycles. The fourth-order valence-corrected chi connectivity index (χ4v) is 7.46. The zero-order valence-electron chi connectivity index (χ0n) is 27.9. The summed E-state index contributed by atoms with van der Waals surface area (Å²) in [5, 5.41) is 11.1. The average molecular weight is 670 g/mol. The smallest absolute Gasteiger partial charge is 0.410 e. The Morgan fingerprint density at radius 3 is 2.54 bits per heavy atom. The van der Waals surface area contributed by atoms with Gasteiger partial charge in [0.25, 0.3) is 5.91 Å². The summed E-state index contributed by atoms with van der Waals surface area (Å²) in [5.74, 6) is 0.0490. The van der Waals surface area contributed by atoms with Crippen molar-refractivity contribution in [1.82, 2.24) is 29.2 Å². The van der Waals surface area contributed by atoms with Crippen molar-refractivity contribution in [3.05, 3.63) is 82.5 Å². The van der Waals surface area contributed by atoms with Crippen molar-refractivity contribution in [3.8, 4) is 11.1 Å². The first-order chi connectivity index (χ1) is 22.9. The number of anilines is 1. The Labute approximate surface area is 282 Å². The molecule has 250 valence electrons. The lowest BCUT2D eigenvalue weighted by Crippen LogP contribution is -2.41. The van der Waals surface area contributed by atoms with Crippen LogP contribution in [0.25, 0.3) is 22.0 Å². The minimum atomic E-state index is -1.01. The van der Waals surface area contributed by atoms with Crippen LogP contribution in [-0.4, -0.2) is 66.1 Å². The molecule has 2 amide bonds. The van der Waals surface area contributed by atoms with Gasteiger partial charge in [0.1, 0.15) is 11.8 Å². The lowest BCUT2D eigenvalue weighted by atomic mass is 9.88. The number of aryl methyl sites for hydroxylation is 2. The maximum Gasteiger partial charge on any atom is 0.410 e. The van der Waals surface area contributed by atoms with E-state index in [1.54, 1.807) is 27.2 Å². The van der Waals surface area contributed by atoms with Gasteiger partial charge in [0.2, 0.25) is 0 Å². The summed E-state index contributed by atoms with van der Waals surface area (Å²) in [5.41, 5.74) is 6.98. The number of hydrogen-bond donors (Lipinski definition) is 1. The highest BCUT2D eigenvalue weighted by atomic mass is 32.1. The molecule has 1 unspecified atom stereocenters. The van der Waals surface area contributed by atoms with Gasteiger partial charge in [-0.25, -0.2) is 19.2 Å². The fourth-order valence-electron chi connectivity index (χ4n) is 6.92. The molecule has 0 spiro atoms. The van der Waals surface area contributed by atoms with Crippen molar-refractivity contribution in [2.75, 3.05) is 18.4 Å². The lowest BCUT2D eigenvalue weighted by Gasteiger charge is -2.33. The normalized spacial score (nSPS) is 17.5. The van der Waals surface area contributed by atoms with Crippen LogP contribution in [0.3, 0.4) is 0 Å². The predicted molar refractivity (Wildman–Crippen MR) is 184 cm³/mol. The zero-order valence-corrected chi connectivity index (χ0v) is 28.7. The monoisotopic (exact) mass is 669 g/mol. The average Bonchev–Trinajstić information content (AvgIpc) is 3.85. The third-order valence-electron chi connectivity index (χ3n) is 9.34. The number of imidazole rings is 1. The highest BCUT2D eigenvalue weighted by Gasteiger charge is 2.35. The van der Waals surface area contributed by atoms with Crippen LogP contribution < -0.4 is 5.32 Å². The van der Waals surface area contributed by atoms with Crippen molar-refractivity contribution in [2.24, 2.45) is 0 Å². The molecule has 2 aromatic carbocycles. The number of amides is 2. The summed E-state index contributed by atoms with van der Waals surface area (Å²) < 4.78 is 23.4. The Morgan fingerprint density at radius 1 is 1.10 bits per heavy atom. The van der Waals surface area contributed by atoms with Gasteiger partial charge in [-0.15, -0.1) is 11.3 Å². The third kappa shape index (κ3) is 6.21. The number of likely N-dealkylation sites (tertiary alicyclic amines) is 1. The topological polar surface area (TPSA) is 107 Å². The molecule has 5 heterocycles. The summed E-state index contributed by atoms with van der Waals surface area (Å²) >= 11 is 1.33. The molecule has 2 aliphatic heterocycles.